The van der Waals surface area contributed by atoms with E-state index in [9.17, 15) is 17.6 Å². The van der Waals surface area contributed by atoms with Gasteiger partial charge in [0.1, 0.15) is 5.82 Å². The zero-order valence-electron chi connectivity index (χ0n) is 12.9. The van der Waals surface area contributed by atoms with E-state index in [2.05, 4.69) is 15.9 Å². The van der Waals surface area contributed by atoms with Crippen molar-refractivity contribution < 1.29 is 17.6 Å². The molecule has 0 saturated heterocycles. The second-order valence-corrected chi connectivity index (χ2v) is 8.50. The molecule has 126 valence electrons. The van der Waals surface area contributed by atoms with Crippen LogP contribution in [-0.4, -0.2) is 25.1 Å². The number of benzene rings is 2. The van der Waals surface area contributed by atoms with Gasteiger partial charge in [0.25, 0.3) is 0 Å². The summed E-state index contributed by atoms with van der Waals surface area (Å²) < 4.78 is 41.6. The molecule has 24 heavy (non-hydrogen) atoms. The van der Waals surface area contributed by atoms with E-state index in [1.54, 1.807) is 12.1 Å². The van der Waals surface area contributed by atoms with Crippen molar-refractivity contribution in [3.63, 3.8) is 0 Å². The normalized spacial score (nSPS) is 15.9. The molecule has 0 aromatic heterocycles. The third-order valence-electron chi connectivity index (χ3n) is 4.07. The lowest BCUT2D eigenvalue weighted by molar-refractivity contribution is 0.0980. The van der Waals surface area contributed by atoms with Crippen LogP contribution in [0.5, 0.6) is 0 Å². The number of sulfonamides is 1. The Balaban J connectivity index is 2.06. The minimum atomic E-state index is -3.80. The fourth-order valence-corrected chi connectivity index (χ4v) is 4.72. The van der Waals surface area contributed by atoms with Crippen LogP contribution in [0.3, 0.4) is 0 Å². The van der Waals surface area contributed by atoms with E-state index in [0.717, 1.165) is 9.87 Å². The average molecular weight is 412 g/mol. The largest absolute Gasteiger partial charge is 0.294 e. The summed E-state index contributed by atoms with van der Waals surface area (Å²) in [5, 5.41) is 0. The van der Waals surface area contributed by atoms with Crippen molar-refractivity contribution in [1.82, 2.24) is 4.31 Å². The second kappa shape index (κ2) is 6.38. The van der Waals surface area contributed by atoms with E-state index in [4.69, 9.17) is 0 Å². The van der Waals surface area contributed by atoms with Gasteiger partial charge in [0.2, 0.25) is 10.0 Å². The Kier molecular flexibility index (Phi) is 4.59. The molecular formula is C17H15BrFNO3S. The fourth-order valence-electron chi connectivity index (χ4n) is 2.72. The molecule has 0 unspecified atom stereocenters. The molecule has 0 bridgehead atoms. The first-order valence-corrected chi connectivity index (χ1v) is 9.61. The first kappa shape index (κ1) is 17.3. The molecule has 2 aromatic rings. The molecule has 0 atom stereocenters. The summed E-state index contributed by atoms with van der Waals surface area (Å²) in [5.74, 6) is -0.842. The van der Waals surface area contributed by atoms with Gasteiger partial charge in [-0.1, -0.05) is 33.6 Å². The molecule has 0 fully saturated rings. The molecule has 1 aliphatic rings. The Morgan fingerprint density at radius 2 is 1.79 bits per heavy atom. The lowest BCUT2D eigenvalue weighted by atomic mass is 10.0. The Morgan fingerprint density at radius 3 is 2.46 bits per heavy atom. The van der Waals surface area contributed by atoms with Crippen molar-refractivity contribution in [3.05, 3.63) is 63.4 Å². The second-order valence-electron chi connectivity index (χ2n) is 5.71. The monoisotopic (exact) mass is 411 g/mol. The highest BCUT2D eigenvalue weighted by Crippen LogP contribution is 2.30. The summed E-state index contributed by atoms with van der Waals surface area (Å²) in [6.45, 7) is 1.72. The quantitative estimate of drug-likeness (QED) is 0.757. The molecular weight excluding hydrogens is 397 g/mol. The molecule has 0 spiro atoms. The summed E-state index contributed by atoms with van der Waals surface area (Å²) in [6, 6.07) is 9.17. The van der Waals surface area contributed by atoms with Gasteiger partial charge in [0, 0.05) is 35.1 Å². The minimum Gasteiger partial charge on any atom is -0.294 e. The van der Waals surface area contributed by atoms with Crippen LogP contribution in [0.15, 0.2) is 45.8 Å². The SMILES string of the molecule is Cc1ccc(S(=O)(=O)N2CCC(=O)c3c(Br)ccc(F)c3C2)cc1. The number of Topliss-reactive ketones (excluding diaryl/α,β-unsaturated/α-hetero) is 1. The Bertz CT molecular complexity index is 910. The van der Waals surface area contributed by atoms with E-state index in [0.29, 0.717) is 4.47 Å². The van der Waals surface area contributed by atoms with Gasteiger partial charge in [-0.25, -0.2) is 12.8 Å². The fraction of sp³-hybridized carbons (Fsp3) is 0.235. The van der Waals surface area contributed by atoms with E-state index in [-0.39, 0.29) is 41.3 Å². The summed E-state index contributed by atoms with van der Waals surface area (Å²) in [4.78, 5) is 12.5. The number of fused-ring (bicyclic) bond motifs is 1. The van der Waals surface area contributed by atoms with Crippen LogP contribution in [-0.2, 0) is 16.6 Å². The Hall–Kier alpha value is -1.57. The maximum Gasteiger partial charge on any atom is 0.243 e. The van der Waals surface area contributed by atoms with Gasteiger partial charge in [-0.2, -0.15) is 4.31 Å². The number of carbonyl (C=O) groups excluding carboxylic acids is 1. The number of aryl methyl sites for hydroxylation is 1. The van der Waals surface area contributed by atoms with Crippen LogP contribution in [0.25, 0.3) is 0 Å². The molecule has 0 N–H and O–H groups in total. The molecule has 4 nitrogen and oxygen atoms in total. The van der Waals surface area contributed by atoms with Crippen molar-refractivity contribution in [2.75, 3.05) is 6.54 Å². The van der Waals surface area contributed by atoms with E-state index in [1.165, 1.54) is 24.3 Å². The third kappa shape index (κ3) is 3.03. The molecule has 7 heteroatoms. The molecule has 3 rings (SSSR count). The molecule has 0 amide bonds. The van der Waals surface area contributed by atoms with Crippen LogP contribution in [0.1, 0.15) is 27.9 Å². The first-order chi connectivity index (χ1) is 11.3. The van der Waals surface area contributed by atoms with Gasteiger partial charge in [-0.15, -0.1) is 0 Å². The predicted octanol–water partition coefficient (Wildman–Crippen LogP) is 3.67. The minimum absolute atomic E-state index is 0.0140. The van der Waals surface area contributed by atoms with E-state index in [1.807, 2.05) is 6.92 Å². The van der Waals surface area contributed by atoms with Crippen molar-refractivity contribution >= 4 is 31.7 Å². The van der Waals surface area contributed by atoms with Gasteiger partial charge < -0.3 is 0 Å². The number of hydrogen-bond donors (Lipinski definition) is 0. The van der Waals surface area contributed by atoms with E-state index >= 15 is 0 Å². The number of rotatable bonds is 2. The standard InChI is InChI=1S/C17H15BrFNO3S/c1-11-2-4-12(5-3-11)24(22,23)20-9-8-16(21)17-13(10-20)15(19)7-6-14(17)18/h2-7H,8-10H2,1H3. The maximum absolute atomic E-state index is 14.2. The Morgan fingerprint density at radius 1 is 1.12 bits per heavy atom. The summed E-state index contributed by atoms with van der Waals surface area (Å²) in [6.07, 6.45) is 0.0140. The molecule has 0 aliphatic carbocycles. The van der Waals surface area contributed by atoms with Crippen LogP contribution in [0.2, 0.25) is 0 Å². The lowest BCUT2D eigenvalue weighted by Gasteiger charge is -2.20. The highest BCUT2D eigenvalue weighted by atomic mass is 79.9. The zero-order chi connectivity index (χ0) is 17.5. The van der Waals surface area contributed by atoms with Gasteiger partial charge in [-0.3, -0.25) is 4.79 Å². The smallest absolute Gasteiger partial charge is 0.243 e. The molecule has 2 aromatic carbocycles. The molecule has 1 aliphatic heterocycles. The van der Waals surface area contributed by atoms with Crippen molar-refractivity contribution in [2.45, 2.75) is 24.8 Å². The van der Waals surface area contributed by atoms with Crippen LogP contribution < -0.4 is 0 Å². The summed E-state index contributed by atoms with van der Waals surface area (Å²) in [7, 11) is -3.80. The summed E-state index contributed by atoms with van der Waals surface area (Å²) >= 11 is 3.26. The highest BCUT2D eigenvalue weighted by molar-refractivity contribution is 9.10. The average Bonchev–Trinajstić information content (AvgIpc) is 2.72. The lowest BCUT2D eigenvalue weighted by Crippen LogP contribution is -2.31. The topological polar surface area (TPSA) is 54.5 Å². The van der Waals surface area contributed by atoms with Crippen molar-refractivity contribution in [2.24, 2.45) is 0 Å². The molecule has 0 saturated carbocycles. The summed E-state index contributed by atoms with van der Waals surface area (Å²) in [5.41, 5.74) is 1.29. The molecule has 1 heterocycles. The highest BCUT2D eigenvalue weighted by Gasteiger charge is 2.32. The van der Waals surface area contributed by atoms with Gasteiger partial charge in [0.05, 0.1) is 4.90 Å². The van der Waals surface area contributed by atoms with Crippen LogP contribution in [0.4, 0.5) is 4.39 Å². The van der Waals surface area contributed by atoms with Gasteiger partial charge >= 0.3 is 0 Å². The predicted molar refractivity (Wildman–Crippen MR) is 91.8 cm³/mol. The van der Waals surface area contributed by atoms with E-state index < -0.39 is 15.8 Å². The maximum atomic E-state index is 14.2. The number of carbonyl (C=O) groups is 1. The zero-order valence-corrected chi connectivity index (χ0v) is 15.3. The van der Waals surface area contributed by atoms with Crippen molar-refractivity contribution in [1.29, 1.82) is 0 Å². The van der Waals surface area contributed by atoms with Crippen LogP contribution >= 0.6 is 15.9 Å². The van der Waals surface area contributed by atoms with Crippen LogP contribution in [0, 0.1) is 12.7 Å². The number of ketones is 1. The third-order valence-corrected chi connectivity index (χ3v) is 6.59. The van der Waals surface area contributed by atoms with Gasteiger partial charge in [-0.05, 0) is 31.2 Å². The Labute approximate surface area is 148 Å². The van der Waals surface area contributed by atoms with Crippen molar-refractivity contribution in [3.8, 4) is 0 Å². The number of halogens is 2. The van der Waals surface area contributed by atoms with Gasteiger partial charge in [0.15, 0.2) is 5.78 Å². The molecule has 0 radical (unpaired) electrons. The number of nitrogens with zero attached hydrogens (tertiary/aromatic N) is 1. The number of hydrogen-bond acceptors (Lipinski definition) is 3. The first-order valence-electron chi connectivity index (χ1n) is 7.37.